The Hall–Kier alpha value is -3.16. The smallest absolute Gasteiger partial charge is 0.355 e. The minimum absolute atomic E-state index is 0.123. The number of nitrogens with zero attached hydrogens (tertiary/aromatic N) is 2. The number of nitro groups is 1. The molecule has 3 aromatic rings. The summed E-state index contributed by atoms with van der Waals surface area (Å²) in [6, 6.07) is 10.4. The zero-order chi connectivity index (χ0) is 17.3. The summed E-state index contributed by atoms with van der Waals surface area (Å²) in [4.78, 5) is 14.5. The van der Waals surface area contributed by atoms with Gasteiger partial charge in [0, 0.05) is 35.1 Å². The normalized spacial score (nSPS) is 11.5. The van der Waals surface area contributed by atoms with E-state index < -0.39 is 16.7 Å². The summed E-state index contributed by atoms with van der Waals surface area (Å²) in [5.41, 5.74) is 0.254. The highest BCUT2D eigenvalue weighted by molar-refractivity contribution is 5.94. The highest BCUT2D eigenvalue weighted by Gasteiger charge is 2.30. The van der Waals surface area contributed by atoms with Crippen LogP contribution in [-0.4, -0.2) is 9.91 Å². The zero-order valence-corrected chi connectivity index (χ0v) is 12.0. The van der Waals surface area contributed by atoms with Gasteiger partial charge in [-0.3, -0.25) is 15.1 Å². The first-order valence-electron chi connectivity index (χ1n) is 6.82. The molecule has 0 spiro atoms. The molecule has 0 atom stereocenters. The first-order valence-corrected chi connectivity index (χ1v) is 6.82. The van der Waals surface area contributed by atoms with Crippen LogP contribution in [0.15, 0.2) is 54.7 Å². The van der Waals surface area contributed by atoms with Crippen LogP contribution in [0.4, 0.5) is 30.2 Å². The van der Waals surface area contributed by atoms with Crippen molar-refractivity contribution < 1.29 is 18.1 Å². The molecular formula is C16H10F3N3O2. The maximum atomic E-state index is 12.8. The van der Waals surface area contributed by atoms with Crippen LogP contribution in [0, 0.1) is 10.1 Å². The average molecular weight is 333 g/mol. The zero-order valence-electron chi connectivity index (χ0n) is 12.0. The Balaban J connectivity index is 2.04. The van der Waals surface area contributed by atoms with Crippen molar-refractivity contribution in [1.82, 2.24) is 4.98 Å². The number of pyridine rings is 1. The molecule has 0 radical (unpaired) electrons. The third-order valence-electron chi connectivity index (χ3n) is 3.40. The number of aromatic nitrogens is 1. The molecule has 0 aliphatic heterocycles. The van der Waals surface area contributed by atoms with Crippen LogP contribution >= 0.6 is 0 Å². The average Bonchev–Trinajstić information content (AvgIpc) is 2.54. The van der Waals surface area contributed by atoms with Gasteiger partial charge in [-0.2, -0.15) is 13.2 Å². The number of hydrogen-bond acceptors (Lipinski definition) is 4. The molecule has 1 heterocycles. The quantitative estimate of drug-likeness (QED) is 0.546. The summed E-state index contributed by atoms with van der Waals surface area (Å²) < 4.78 is 38.4. The SMILES string of the molecule is O=[N+]([O-])c1ccc2nccc(Nc3cccc(C(F)(F)F)c3)c2c1. The number of anilines is 2. The van der Waals surface area contributed by atoms with E-state index in [4.69, 9.17) is 0 Å². The molecule has 5 nitrogen and oxygen atoms in total. The van der Waals surface area contributed by atoms with Gasteiger partial charge in [0.2, 0.25) is 0 Å². The van der Waals surface area contributed by atoms with Gasteiger partial charge in [-0.25, -0.2) is 0 Å². The number of nitro benzene ring substituents is 1. The van der Waals surface area contributed by atoms with Crippen molar-refractivity contribution in [3.8, 4) is 0 Å². The van der Waals surface area contributed by atoms with E-state index in [1.54, 1.807) is 6.07 Å². The minimum Gasteiger partial charge on any atom is -0.355 e. The summed E-state index contributed by atoms with van der Waals surface area (Å²) in [6.45, 7) is 0. The predicted octanol–water partition coefficient (Wildman–Crippen LogP) is 4.91. The van der Waals surface area contributed by atoms with E-state index in [1.165, 1.54) is 36.5 Å². The number of fused-ring (bicyclic) bond motifs is 1. The molecule has 1 N–H and O–H groups in total. The van der Waals surface area contributed by atoms with Gasteiger partial charge >= 0.3 is 6.18 Å². The van der Waals surface area contributed by atoms with Crippen molar-refractivity contribution in [2.45, 2.75) is 6.18 Å². The fourth-order valence-electron chi connectivity index (χ4n) is 2.29. The summed E-state index contributed by atoms with van der Waals surface area (Å²) >= 11 is 0. The van der Waals surface area contributed by atoms with E-state index >= 15 is 0 Å². The summed E-state index contributed by atoms with van der Waals surface area (Å²) in [6.07, 6.45) is -2.97. The molecule has 8 heteroatoms. The fourth-order valence-corrected chi connectivity index (χ4v) is 2.29. The maximum absolute atomic E-state index is 12.8. The first kappa shape index (κ1) is 15.7. The molecule has 0 bridgehead atoms. The number of hydrogen-bond donors (Lipinski definition) is 1. The van der Waals surface area contributed by atoms with Crippen LogP contribution in [0.1, 0.15) is 5.56 Å². The number of alkyl halides is 3. The second kappa shape index (κ2) is 5.80. The van der Waals surface area contributed by atoms with Crippen molar-refractivity contribution in [1.29, 1.82) is 0 Å². The van der Waals surface area contributed by atoms with Gasteiger partial charge in [-0.15, -0.1) is 0 Å². The minimum atomic E-state index is -4.45. The van der Waals surface area contributed by atoms with Gasteiger partial charge in [0.1, 0.15) is 0 Å². The number of nitrogens with one attached hydrogen (secondary N) is 1. The Bertz CT molecular complexity index is 926. The fraction of sp³-hybridized carbons (Fsp3) is 0.0625. The summed E-state index contributed by atoms with van der Waals surface area (Å²) in [5.74, 6) is 0. The molecule has 0 aliphatic rings. The molecule has 2 aromatic carbocycles. The van der Waals surface area contributed by atoms with Gasteiger partial charge in [0.25, 0.3) is 5.69 Å². The van der Waals surface area contributed by atoms with Gasteiger partial charge in [0.15, 0.2) is 0 Å². The standard InChI is InChI=1S/C16H10F3N3O2/c17-16(18,19)10-2-1-3-11(8-10)21-15-6-7-20-14-5-4-12(22(23)24)9-13(14)15/h1-9H,(H,20,21). The van der Waals surface area contributed by atoms with Crippen molar-refractivity contribution >= 4 is 28.0 Å². The Kier molecular flexibility index (Phi) is 3.80. The van der Waals surface area contributed by atoms with Gasteiger partial charge in [-0.1, -0.05) is 6.07 Å². The number of non-ortho nitro benzene ring substituents is 1. The molecule has 0 saturated heterocycles. The molecule has 0 aliphatic carbocycles. The highest BCUT2D eigenvalue weighted by atomic mass is 19.4. The van der Waals surface area contributed by atoms with Crippen LogP contribution in [0.3, 0.4) is 0 Å². The highest BCUT2D eigenvalue weighted by Crippen LogP contribution is 2.33. The van der Waals surface area contributed by atoms with E-state index in [0.717, 1.165) is 12.1 Å². The van der Waals surface area contributed by atoms with E-state index in [-0.39, 0.29) is 11.4 Å². The second-order valence-corrected chi connectivity index (χ2v) is 5.02. The van der Waals surface area contributed by atoms with Crippen molar-refractivity contribution in [3.05, 3.63) is 70.4 Å². The Labute approximate surface area is 133 Å². The summed E-state index contributed by atoms with van der Waals surface area (Å²) in [5, 5.41) is 14.2. The van der Waals surface area contributed by atoms with E-state index in [1.807, 2.05) is 0 Å². The lowest BCUT2D eigenvalue weighted by Crippen LogP contribution is -2.05. The lowest BCUT2D eigenvalue weighted by molar-refractivity contribution is -0.384. The molecular weight excluding hydrogens is 323 g/mol. The molecule has 122 valence electrons. The molecule has 0 fully saturated rings. The van der Waals surface area contributed by atoms with E-state index in [0.29, 0.717) is 16.6 Å². The Morgan fingerprint density at radius 1 is 1.08 bits per heavy atom. The third-order valence-corrected chi connectivity index (χ3v) is 3.40. The predicted molar refractivity (Wildman–Crippen MR) is 83.1 cm³/mol. The molecule has 0 saturated carbocycles. The molecule has 0 amide bonds. The number of halogens is 3. The molecule has 1 aromatic heterocycles. The maximum Gasteiger partial charge on any atom is 0.416 e. The van der Waals surface area contributed by atoms with Crippen LogP contribution in [-0.2, 0) is 6.18 Å². The van der Waals surface area contributed by atoms with Crippen LogP contribution in [0.25, 0.3) is 10.9 Å². The second-order valence-electron chi connectivity index (χ2n) is 5.02. The van der Waals surface area contributed by atoms with Crippen molar-refractivity contribution in [2.24, 2.45) is 0 Å². The largest absolute Gasteiger partial charge is 0.416 e. The van der Waals surface area contributed by atoms with Gasteiger partial charge in [0.05, 0.1) is 16.0 Å². The van der Waals surface area contributed by atoms with E-state index in [9.17, 15) is 23.3 Å². The topological polar surface area (TPSA) is 68.1 Å². The van der Waals surface area contributed by atoms with E-state index in [2.05, 4.69) is 10.3 Å². The first-order chi connectivity index (χ1) is 11.3. The number of benzene rings is 2. The van der Waals surface area contributed by atoms with Gasteiger partial charge < -0.3 is 5.32 Å². The lowest BCUT2D eigenvalue weighted by Gasteiger charge is -2.12. The molecule has 0 unspecified atom stereocenters. The van der Waals surface area contributed by atoms with Crippen LogP contribution in [0.5, 0.6) is 0 Å². The Morgan fingerprint density at radius 3 is 2.58 bits per heavy atom. The van der Waals surface area contributed by atoms with Crippen LogP contribution < -0.4 is 5.32 Å². The van der Waals surface area contributed by atoms with Crippen molar-refractivity contribution in [2.75, 3.05) is 5.32 Å². The van der Waals surface area contributed by atoms with Crippen molar-refractivity contribution in [3.63, 3.8) is 0 Å². The van der Waals surface area contributed by atoms with Crippen LogP contribution in [0.2, 0.25) is 0 Å². The van der Waals surface area contributed by atoms with Gasteiger partial charge in [-0.05, 0) is 30.3 Å². The molecule has 24 heavy (non-hydrogen) atoms. The monoisotopic (exact) mass is 333 g/mol. The summed E-state index contributed by atoms with van der Waals surface area (Å²) in [7, 11) is 0. The third kappa shape index (κ3) is 3.12. The lowest BCUT2D eigenvalue weighted by atomic mass is 10.1. The Morgan fingerprint density at radius 2 is 1.88 bits per heavy atom. The number of rotatable bonds is 3. The molecule has 3 rings (SSSR count).